The van der Waals surface area contributed by atoms with Crippen LogP contribution in [0.25, 0.3) is 11.0 Å². The lowest BCUT2D eigenvalue weighted by Gasteiger charge is -2.54. The summed E-state index contributed by atoms with van der Waals surface area (Å²) in [6.45, 7) is 6.67. The number of aromatic nitrogens is 2. The highest BCUT2D eigenvalue weighted by Gasteiger charge is 2.45. The minimum absolute atomic E-state index is 0.204. The molecule has 14 heteroatoms. The zero-order valence-electron chi connectivity index (χ0n) is 24.9. The van der Waals surface area contributed by atoms with Gasteiger partial charge in [-0.1, -0.05) is 12.1 Å². The molecule has 44 heavy (non-hydrogen) atoms. The average molecular weight is 623 g/mol. The van der Waals surface area contributed by atoms with Crippen molar-refractivity contribution in [2.24, 2.45) is 24.1 Å². The van der Waals surface area contributed by atoms with E-state index in [2.05, 4.69) is 21.2 Å². The monoisotopic (exact) mass is 622 g/mol. The number of rotatable bonds is 5. The number of amides is 2. The van der Waals surface area contributed by atoms with Crippen molar-refractivity contribution in [3.05, 3.63) is 34.2 Å². The lowest BCUT2D eigenvalue weighted by atomic mass is 9.71. The smallest absolute Gasteiger partial charge is 0.475 e. The molecule has 2 amide bonds. The van der Waals surface area contributed by atoms with Gasteiger partial charge in [0.15, 0.2) is 0 Å². The summed E-state index contributed by atoms with van der Waals surface area (Å²) in [5.41, 5.74) is 9.09. The van der Waals surface area contributed by atoms with E-state index in [1.165, 1.54) is 58.2 Å². The van der Waals surface area contributed by atoms with Gasteiger partial charge in [-0.2, -0.15) is 13.2 Å². The fourth-order valence-corrected chi connectivity index (χ4v) is 7.39. The number of halogens is 3. The number of nitrogens with two attached hydrogens (primary N) is 1. The predicted molar refractivity (Wildman–Crippen MR) is 156 cm³/mol. The number of para-hydroxylation sites is 1. The number of likely N-dealkylation sites (tertiary alicyclic amines) is 2. The maximum Gasteiger partial charge on any atom is 0.490 e. The van der Waals surface area contributed by atoms with Gasteiger partial charge in [0.1, 0.15) is 6.04 Å². The summed E-state index contributed by atoms with van der Waals surface area (Å²) < 4.78 is 35.0. The summed E-state index contributed by atoms with van der Waals surface area (Å²) in [5, 5.41) is 9.52. The summed E-state index contributed by atoms with van der Waals surface area (Å²) >= 11 is 0. The minimum atomic E-state index is -5.08. The number of fused-ring (bicyclic) bond motifs is 1. The maximum atomic E-state index is 13.2. The summed E-state index contributed by atoms with van der Waals surface area (Å²) in [4.78, 5) is 51.4. The molecule has 4 aliphatic rings. The fourth-order valence-electron chi connectivity index (χ4n) is 7.39. The van der Waals surface area contributed by atoms with Crippen molar-refractivity contribution in [2.45, 2.75) is 76.2 Å². The van der Waals surface area contributed by atoms with Gasteiger partial charge >= 0.3 is 17.8 Å². The van der Waals surface area contributed by atoms with Gasteiger partial charge in [0.2, 0.25) is 11.8 Å². The molecule has 1 aliphatic carbocycles. The zero-order chi connectivity index (χ0) is 31.8. The second-order valence-electron chi connectivity index (χ2n) is 13.0. The van der Waals surface area contributed by atoms with Crippen molar-refractivity contribution < 1.29 is 32.7 Å². The van der Waals surface area contributed by atoms with E-state index >= 15 is 0 Å². The summed E-state index contributed by atoms with van der Waals surface area (Å²) in [7, 11) is 1.78. The van der Waals surface area contributed by atoms with Gasteiger partial charge in [-0.25, -0.2) is 9.59 Å². The molecular weight excluding hydrogens is 581 g/mol. The van der Waals surface area contributed by atoms with Crippen LogP contribution >= 0.6 is 0 Å². The van der Waals surface area contributed by atoms with Gasteiger partial charge in [0, 0.05) is 45.7 Å². The molecule has 1 aromatic heterocycles. The van der Waals surface area contributed by atoms with Gasteiger partial charge < -0.3 is 15.7 Å². The first-order valence-electron chi connectivity index (χ1n) is 15.3. The van der Waals surface area contributed by atoms with Crippen LogP contribution in [0.15, 0.2) is 23.0 Å². The quantitative estimate of drug-likeness (QED) is 0.432. The number of nitrogens with one attached hydrogen (secondary N) is 1. The fraction of sp³-hybridized carbons (Fsp3) is 0.667. The molecular formula is C30H41F3N6O5. The third-order valence-electron chi connectivity index (χ3n) is 9.79. The Balaban J connectivity index is 0.000000493. The topological polar surface area (TPSA) is 143 Å². The number of benzene rings is 1. The molecule has 6 rings (SSSR count). The number of carboxylic acids is 1. The number of hydrogen-bond donors (Lipinski definition) is 3. The highest BCUT2D eigenvalue weighted by molar-refractivity contribution is 6.00. The third kappa shape index (κ3) is 6.86. The molecule has 1 unspecified atom stereocenters. The number of aliphatic carboxylic acids is 1. The molecule has 11 nitrogen and oxygen atoms in total. The minimum Gasteiger partial charge on any atom is -0.475 e. The highest BCUT2D eigenvalue weighted by Crippen LogP contribution is 2.42. The Morgan fingerprint density at radius 3 is 2.27 bits per heavy atom. The first-order chi connectivity index (χ1) is 20.8. The highest BCUT2D eigenvalue weighted by atomic mass is 19.4. The Morgan fingerprint density at radius 1 is 1.05 bits per heavy atom. The molecule has 1 saturated carbocycles. The number of imide groups is 1. The number of aryl methyl sites for hydroxylation is 1. The number of carbonyl (C=O) groups is 3. The Kier molecular flexibility index (Phi) is 9.24. The molecule has 2 aromatic rings. The van der Waals surface area contributed by atoms with Crippen LogP contribution in [0.3, 0.4) is 0 Å². The largest absolute Gasteiger partial charge is 0.490 e. The molecule has 1 aromatic carbocycles. The first-order valence-corrected chi connectivity index (χ1v) is 15.3. The zero-order valence-corrected chi connectivity index (χ0v) is 24.9. The average Bonchev–Trinajstić information content (AvgIpc) is 3.20. The van der Waals surface area contributed by atoms with Gasteiger partial charge in [-0.05, 0) is 81.0 Å². The number of carboxylic acid groups (broad SMARTS) is 1. The molecule has 3 saturated heterocycles. The van der Waals surface area contributed by atoms with Gasteiger partial charge in [0.25, 0.3) is 0 Å². The number of alkyl halides is 3. The van der Waals surface area contributed by atoms with Crippen LogP contribution in [-0.4, -0.2) is 86.8 Å². The third-order valence-corrected chi connectivity index (χ3v) is 9.79. The Labute approximate surface area is 253 Å². The second-order valence-corrected chi connectivity index (χ2v) is 13.0. The molecule has 4 fully saturated rings. The van der Waals surface area contributed by atoms with E-state index in [4.69, 9.17) is 15.6 Å². The van der Waals surface area contributed by atoms with Crippen molar-refractivity contribution in [3.63, 3.8) is 0 Å². The molecule has 242 valence electrons. The van der Waals surface area contributed by atoms with Crippen LogP contribution in [0.4, 0.5) is 13.2 Å². The van der Waals surface area contributed by atoms with Crippen LogP contribution in [0.5, 0.6) is 0 Å². The predicted octanol–water partition coefficient (Wildman–Crippen LogP) is 2.37. The van der Waals surface area contributed by atoms with Crippen molar-refractivity contribution in [3.8, 4) is 0 Å². The molecule has 1 spiro atoms. The van der Waals surface area contributed by atoms with Crippen LogP contribution in [-0.2, 0) is 28.0 Å². The summed E-state index contributed by atoms with van der Waals surface area (Å²) in [5.74, 6) is -2.59. The van der Waals surface area contributed by atoms with Crippen LogP contribution < -0.4 is 16.7 Å². The van der Waals surface area contributed by atoms with Crippen molar-refractivity contribution >= 4 is 28.8 Å². The van der Waals surface area contributed by atoms with Gasteiger partial charge in [0.05, 0.1) is 11.0 Å². The molecule has 1 atom stereocenters. The van der Waals surface area contributed by atoms with Gasteiger partial charge in [-0.3, -0.25) is 28.9 Å². The molecule has 3 aliphatic heterocycles. The van der Waals surface area contributed by atoms with E-state index in [1.54, 1.807) is 16.2 Å². The first kappa shape index (κ1) is 32.2. The number of hydrogen-bond acceptors (Lipinski definition) is 7. The second kappa shape index (κ2) is 12.6. The lowest BCUT2D eigenvalue weighted by molar-refractivity contribution is -0.192. The summed E-state index contributed by atoms with van der Waals surface area (Å²) in [6, 6.07) is 5.77. The number of piperidine rings is 2. The Bertz CT molecular complexity index is 1450. The number of nitrogens with zero attached hydrogens (tertiary/aromatic N) is 4. The van der Waals surface area contributed by atoms with Crippen molar-refractivity contribution in [1.82, 2.24) is 24.3 Å². The Hall–Kier alpha value is -3.23. The SMILES string of the molecule is Cn1c(=O)n(C2CCC(=O)NC2=O)c2cccc(CN3CC4(CCN(CC5CCC(N)CC5)CC4)C3)c21.O=C(O)C(F)(F)F. The van der Waals surface area contributed by atoms with E-state index in [-0.39, 0.29) is 23.9 Å². The number of carbonyl (C=O) groups excluding carboxylic acids is 2. The number of imidazole rings is 1. The maximum absolute atomic E-state index is 13.2. The van der Waals surface area contributed by atoms with E-state index in [0.717, 1.165) is 42.1 Å². The van der Waals surface area contributed by atoms with E-state index < -0.39 is 18.2 Å². The van der Waals surface area contributed by atoms with E-state index in [9.17, 15) is 27.6 Å². The van der Waals surface area contributed by atoms with Crippen LogP contribution in [0.2, 0.25) is 0 Å². The van der Waals surface area contributed by atoms with Crippen LogP contribution in [0, 0.1) is 11.3 Å². The molecule has 4 heterocycles. The molecule has 0 radical (unpaired) electrons. The molecule has 0 bridgehead atoms. The standard InChI is InChI=1S/C28H40N6O3.C2HF3O2/c1-31-25-20(3-2-4-22(25)34(27(31)37)23-9-10-24(35)30-26(23)36)16-33-17-28(18-33)11-13-32(14-12-28)15-19-5-7-21(29)8-6-19;3-2(4,5)1(6)7/h2-4,19,21,23H,5-18,29H2,1H3,(H,30,35,36);(H,6,7). The Morgan fingerprint density at radius 2 is 1.68 bits per heavy atom. The van der Waals surface area contributed by atoms with E-state index in [1.807, 2.05) is 12.1 Å². The normalized spacial score (nSPS) is 26.2. The lowest BCUT2D eigenvalue weighted by Crippen LogP contribution is -2.60. The van der Waals surface area contributed by atoms with E-state index in [0.29, 0.717) is 17.9 Å². The summed E-state index contributed by atoms with van der Waals surface area (Å²) in [6.07, 6.45) is 3.01. The van der Waals surface area contributed by atoms with Crippen molar-refractivity contribution in [1.29, 1.82) is 0 Å². The molecule has 4 N–H and O–H groups in total. The van der Waals surface area contributed by atoms with Crippen molar-refractivity contribution in [2.75, 3.05) is 32.7 Å². The van der Waals surface area contributed by atoms with Gasteiger partial charge in [-0.15, -0.1) is 0 Å². The van der Waals surface area contributed by atoms with Crippen LogP contribution in [0.1, 0.15) is 63.0 Å².